The van der Waals surface area contributed by atoms with E-state index in [0.717, 1.165) is 0 Å². The molecular formula is C5H11BO. The van der Waals surface area contributed by atoms with Crippen LogP contribution in [0, 0.1) is 5.41 Å². The number of aliphatic hydroxyl groups is 1. The Hall–Kier alpha value is 0.0249. The molecule has 40 valence electrons. The maximum Gasteiger partial charge on any atom is 0.0661 e. The minimum atomic E-state index is -0.0833. The van der Waals surface area contributed by atoms with Gasteiger partial charge in [-0.1, -0.05) is 20.2 Å². The zero-order chi connectivity index (χ0) is 5.91. The number of aliphatic hydroxyl groups excluding tert-OH is 1. The van der Waals surface area contributed by atoms with E-state index in [4.69, 9.17) is 13.0 Å². The summed E-state index contributed by atoms with van der Waals surface area (Å²) in [6, 6.07) is 0. The van der Waals surface area contributed by atoms with E-state index < -0.39 is 0 Å². The highest BCUT2D eigenvalue weighted by Crippen LogP contribution is 2.16. The van der Waals surface area contributed by atoms with Crippen LogP contribution in [0.15, 0.2) is 0 Å². The van der Waals surface area contributed by atoms with Gasteiger partial charge in [-0.15, -0.1) is 0 Å². The van der Waals surface area contributed by atoms with Crippen molar-refractivity contribution in [1.29, 1.82) is 0 Å². The summed E-state index contributed by atoms with van der Waals surface area (Å²) in [6.07, 6.45) is 0.545. The molecule has 1 nitrogen and oxygen atoms in total. The van der Waals surface area contributed by atoms with Crippen molar-refractivity contribution in [3.05, 3.63) is 0 Å². The molecule has 0 fully saturated rings. The summed E-state index contributed by atoms with van der Waals surface area (Å²) in [5, 5.41) is 8.51. The Morgan fingerprint density at radius 3 is 2.00 bits per heavy atom. The van der Waals surface area contributed by atoms with Crippen molar-refractivity contribution in [2.75, 3.05) is 6.61 Å². The number of hydrogen-bond donors (Lipinski definition) is 1. The van der Waals surface area contributed by atoms with Crippen molar-refractivity contribution in [3.8, 4) is 0 Å². The standard InChI is InChI=1S/C5H11BO/c1-5(2,3-6)4-7/h7H,3-4H2,1-2H3. The van der Waals surface area contributed by atoms with Crippen molar-refractivity contribution in [3.63, 3.8) is 0 Å². The molecule has 0 unspecified atom stereocenters. The van der Waals surface area contributed by atoms with Crippen molar-refractivity contribution in [1.82, 2.24) is 0 Å². The molecule has 0 aromatic carbocycles. The lowest BCUT2D eigenvalue weighted by Gasteiger charge is -2.17. The number of hydrogen-bond acceptors (Lipinski definition) is 1. The van der Waals surface area contributed by atoms with E-state index in [0.29, 0.717) is 6.32 Å². The van der Waals surface area contributed by atoms with Gasteiger partial charge < -0.3 is 5.11 Å². The van der Waals surface area contributed by atoms with Crippen LogP contribution in [0.1, 0.15) is 13.8 Å². The summed E-state index contributed by atoms with van der Waals surface area (Å²) < 4.78 is 0. The molecule has 0 spiro atoms. The Morgan fingerprint density at radius 2 is 2.00 bits per heavy atom. The normalized spacial score (nSPS) is 11.9. The minimum absolute atomic E-state index is 0.0833. The highest BCUT2D eigenvalue weighted by molar-refractivity contribution is 6.08. The summed E-state index contributed by atoms with van der Waals surface area (Å²) >= 11 is 0. The van der Waals surface area contributed by atoms with Gasteiger partial charge in [0.05, 0.1) is 7.85 Å². The second kappa shape index (κ2) is 2.36. The summed E-state index contributed by atoms with van der Waals surface area (Å²) in [6.45, 7) is 4.02. The Kier molecular flexibility index (Phi) is 2.37. The lowest BCUT2D eigenvalue weighted by atomic mass is 9.80. The molecule has 0 aliphatic heterocycles. The maximum atomic E-state index is 8.51. The van der Waals surface area contributed by atoms with E-state index >= 15 is 0 Å². The first kappa shape index (κ1) is 7.02. The monoisotopic (exact) mass is 98.1 g/mol. The van der Waals surface area contributed by atoms with Gasteiger partial charge >= 0.3 is 0 Å². The van der Waals surface area contributed by atoms with Gasteiger partial charge in [0.1, 0.15) is 0 Å². The predicted molar refractivity (Wildman–Crippen MR) is 31.4 cm³/mol. The Morgan fingerprint density at radius 1 is 1.57 bits per heavy atom. The van der Waals surface area contributed by atoms with Gasteiger partial charge in [0.25, 0.3) is 0 Å². The van der Waals surface area contributed by atoms with Gasteiger partial charge in [0.15, 0.2) is 0 Å². The molecule has 0 aliphatic rings. The highest BCUT2D eigenvalue weighted by Gasteiger charge is 2.10. The quantitative estimate of drug-likeness (QED) is 0.501. The third-order valence-corrected chi connectivity index (χ3v) is 0.981. The van der Waals surface area contributed by atoms with Gasteiger partial charge in [-0.25, -0.2) is 0 Å². The maximum absolute atomic E-state index is 8.51. The molecule has 0 atom stereocenters. The average Bonchev–Trinajstić information content (AvgIpc) is 1.68. The average molecular weight is 98.0 g/mol. The van der Waals surface area contributed by atoms with E-state index in [-0.39, 0.29) is 12.0 Å². The molecule has 2 heteroatoms. The molecule has 0 aromatic heterocycles. The fourth-order valence-corrected chi connectivity index (χ4v) is 0.0645. The summed E-state index contributed by atoms with van der Waals surface area (Å²) in [5.41, 5.74) is -0.0833. The van der Waals surface area contributed by atoms with Crippen LogP contribution in [0.3, 0.4) is 0 Å². The molecule has 0 bridgehead atoms. The molecule has 0 amide bonds. The van der Waals surface area contributed by atoms with E-state index in [2.05, 4.69) is 0 Å². The van der Waals surface area contributed by atoms with Crippen LogP contribution in [0.25, 0.3) is 0 Å². The molecule has 0 rings (SSSR count). The first-order valence-electron chi connectivity index (χ1n) is 2.43. The molecule has 0 aliphatic carbocycles. The summed E-state index contributed by atoms with van der Waals surface area (Å²) in [4.78, 5) is 0. The Labute approximate surface area is 46.1 Å². The molecule has 7 heavy (non-hydrogen) atoms. The van der Waals surface area contributed by atoms with Gasteiger partial charge in [-0.05, 0) is 5.41 Å². The molecule has 0 saturated heterocycles. The lowest BCUT2D eigenvalue weighted by Crippen LogP contribution is -2.14. The summed E-state index contributed by atoms with van der Waals surface area (Å²) in [5.74, 6) is 0. The van der Waals surface area contributed by atoms with E-state index in [1.54, 1.807) is 0 Å². The van der Waals surface area contributed by atoms with Crippen molar-refractivity contribution < 1.29 is 5.11 Å². The van der Waals surface area contributed by atoms with Crippen molar-refractivity contribution in [2.24, 2.45) is 5.41 Å². The zero-order valence-electron chi connectivity index (χ0n) is 4.94. The molecule has 0 saturated carbocycles. The Bertz CT molecular complexity index is 46.0. The van der Waals surface area contributed by atoms with Gasteiger partial charge in [0, 0.05) is 6.61 Å². The predicted octanol–water partition coefficient (Wildman–Crippen LogP) is 0.592. The van der Waals surface area contributed by atoms with Crippen LogP contribution in [-0.4, -0.2) is 19.6 Å². The number of rotatable bonds is 2. The fourth-order valence-electron chi connectivity index (χ4n) is 0.0645. The smallest absolute Gasteiger partial charge is 0.0661 e. The molecule has 1 N–H and O–H groups in total. The van der Waals surface area contributed by atoms with Crippen LogP contribution in [0.2, 0.25) is 6.32 Å². The molecule has 2 radical (unpaired) electrons. The van der Waals surface area contributed by atoms with E-state index in [1.165, 1.54) is 0 Å². The van der Waals surface area contributed by atoms with Crippen molar-refractivity contribution in [2.45, 2.75) is 20.2 Å². The molecular weight excluding hydrogens is 86.9 g/mol. The zero-order valence-corrected chi connectivity index (χ0v) is 4.94. The Balaban J connectivity index is 3.36. The first-order valence-corrected chi connectivity index (χ1v) is 2.43. The summed E-state index contributed by atoms with van der Waals surface area (Å²) in [7, 11) is 5.26. The molecule has 0 aromatic rings. The van der Waals surface area contributed by atoms with Crippen LogP contribution in [0.5, 0.6) is 0 Å². The third-order valence-electron chi connectivity index (χ3n) is 0.981. The van der Waals surface area contributed by atoms with E-state index in [1.807, 2.05) is 13.8 Å². The van der Waals surface area contributed by atoms with Crippen LogP contribution < -0.4 is 0 Å². The van der Waals surface area contributed by atoms with Crippen LogP contribution in [0.4, 0.5) is 0 Å². The second-order valence-electron chi connectivity index (χ2n) is 2.53. The highest BCUT2D eigenvalue weighted by atomic mass is 16.3. The minimum Gasteiger partial charge on any atom is -0.396 e. The second-order valence-corrected chi connectivity index (χ2v) is 2.53. The first-order chi connectivity index (χ1) is 3.12. The van der Waals surface area contributed by atoms with E-state index in [9.17, 15) is 0 Å². The topological polar surface area (TPSA) is 20.2 Å². The fraction of sp³-hybridized carbons (Fsp3) is 1.00. The largest absolute Gasteiger partial charge is 0.396 e. The van der Waals surface area contributed by atoms with Crippen LogP contribution in [-0.2, 0) is 0 Å². The van der Waals surface area contributed by atoms with Crippen molar-refractivity contribution >= 4 is 7.85 Å². The van der Waals surface area contributed by atoms with Crippen LogP contribution >= 0.6 is 0 Å². The SMILES string of the molecule is [B]CC(C)(C)CO. The third kappa shape index (κ3) is 2.69. The van der Waals surface area contributed by atoms with Gasteiger partial charge in [-0.2, -0.15) is 0 Å². The van der Waals surface area contributed by atoms with Gasteiger partial charge in [0.2, 0.25) is 0 Å². The lowest BCUT2D eigenvalue weighted by molar-refractivity contribution is 0.177. The van der Waals surface area contributed by atoms with Gasteiger partial charge in [-0.3, -0.25) is 0 Å². The molecule has 0 heterocycles.